The highest BCUT2D eigenvalue weighted by Gasteiger charge is 2.40. The highest BCUT2D eigenvalue weighted by Crippen LogP contribution is 2.34. The summed E-state index contributed by atoms with van der Waals surface area (Å²) >= 11 is 5.78. The van der Waals surface area contributed by atoms with Crippen molar-refractivity contribution in [1.82, 2.24) is 9.78 Å². The molecule has 1 aromatic heterocycles. The third kappa shape index (κ3) is 4.71. The fraction of sp³-hybridized carbons (Fsp3) is 0.105. The number of benzene rings is 2. The van der Waals surface area contributed by atoms with E-state index in [0.29, 0.717) is 15.4 Å². The Morgan fingerprint density at radius 1 is 1.00 bits per heavy atom. The topological polar surface area (TPSA) is 85.2 Å². The Labute approximate surface area is 173 Å². The van der Waals surface area contributed by atoms with Crippen LogP contribution in [-0.2, 0) is 10.9 Å². The molecule has 0 spiro atoms. The molecule has 2 N–H and O–H groups in total. The van der Waals surface area contributed by atoms with Crippen LogP contribution in [0.4, 0.5) is 29.3 Å². The molecule has 0 saturated heterocycles. The molecule has 0 saturated carbocycles. The van der Waals surface area contributed by atoms with E-state index in [-0.39, 0.29) is 11.4 Å². The van der Waals surface area contributed by atoms with Crippen LogP contribution in [0.5, 0.6) is 0 Å². The smallest absolute Gasteiger partial charge is 0.434 e. The Bertz CT molecular complexity index is 1060. The molecule has 2 aromatic carbocycles. The van der Waals surface area contributed by atoms with Crippen molar-refractivity contribution >= 4 is 35.0 Å². The molecule has 0 aliphatic rings. The number of rotatable bonds is 4. The van der Waals surface area contributed by atoms with Crippen LogP contribution in [0, 0.1) is 0 Å². The van der Waals surface area contributed by atoms with Crippen LogP contribution in [-0.4, -0.2) is 28.9 Å². The van der Waals surface area contributed by atoms with Gasteiger partial charge in [0, 0.05) is 16.4 Å². The van der Waals surface area contributed by atoms with E-state index in [4.69, 9.17) is 11.6 Å². The normalized spacial score (nSPS) is 11.1. The second kappa shape index (κ2) is 8.46. The maximum absolute atomic E-state index is 13.7. The minimum absolute atomic E-state index is 0.101. The lowest BCUT2D eigenvalue weighted by molar-refractivity contribution is -0.143. The summed E-state index contributed by atoms with van der Waals surface area (Å²) in [6.07, 6.45) is -4.67. The summed E-state index contributed by atoms with van der Waals surface area (Å²) in [5, 5.41) is 8.88. The average molecular weight is 439 g/mol. The van der Waals surface area contributed by atoms with Crippen LogP contribution in [0.2, 0.25) is 5.02 Å². The molecule has 0 aliphatic heterocycles. The summed E-state index contributed by atoms with van der Waals surface area (Å²) < 4.78 is 46.2. The first-order valence-electron chi connectivity index (χ1n) is 8.36. The predicted octanol–water partition coefficient (Wildman–Crippen LogP) is 4.98. The number of carbonyl (C=O) groups excluding carboxylic acids is 2. The molecule has 0 aliphatic carbocycles. The summed E-state index contributed by atoms with van der Waals surface area (Å²) in [7, 11) is 1.20. The lowest BCUT2D eigenvalue weighted by atomic mass is 10.2. The van der Waals surface area contributed by atoms with Crippen molar-refractivity contribution in [2.24, 2.45) is 0 Å². The molecule has 7 nitrogen and oxygen atoms in total. The third-order valence-electron chi connectivity index (χ3n) is 3.93. The summed E-state index contributed by atoms with van der Waals surface area (Å²) in [4.78, 5) is 23.7. The molecular formula is C19H14ClF3N4O3. The Morgan fingerprint density at radius 3 is 2.10 bits per heavy atom. The molecule has 2 amide bonds. The van der Waals surface area contributed by atoms with Gasteiger partial charge in [0.15, 0.2) is 5.69 Å². The highest BCUT2D eigenvalue weighted by atomic mass is 35.5. The lowest BCUT2D eigenvalue weighted by Crippen LogP contribution is -2.20. The van der Waals surface area contributed by atoms with E-state index < -0.39 is 29.4 Å². The molecule has 30 heavy (non-hydrogen) atoms. The Kier molecular flexibility index (Phi) is 5.97. The van der Waals surface area contributed by atoms with Gasteiger partial charge < -0.3 is 10.1 Å². The van der Waals surface area contributed by atoms with Crippen molar-refractivity contribution in [3.8, 4) is 5.69 Å². The van der Waals surface area contributed by atoms with Gasteiger partial charge in [0.1, 0.15) is 0 Å². The molecule has 0 unspecified atom stereocenters. The SMILES string of the molecule is COC(=O)Nc1ccc(NC(=O)c2cnn(-c3ccc(Cl)cc3)c2C(F)(F)F)cc1. The van der Waals surface area contributed by atoms with Crippen LogP contribution >= 0.6 is 11.6 Å². The molecule has 0 radical (unpaired) electrons. The second-order valence-corrected chi connectivity index (χ2v) is 6.38. The highest BCUT2D eigenvalue weighted by molar-refractivity contribution is 6.30. The number of aromatic nitrogens is 2. The Hall–Kier alpha value is -3.53. The molecule has 1 heterocycles. The fourth-order valence-corrected chi connectivity index (χ4v) is 2.70. The van der Waals surface area contributed by atoms with E-state index in [1.165, 1.54) is 55.6 Å². The van der Waals surface area contributed by atoms with Gasteiger partial charge in [-0.25, -0.2) is 9.48 Å². The Balaban J connectivity index is 1.87. The fourth-order valence-electron chi connectivity index (χ4n) is 2.57. The number of nitrogens with zero attached hydrogens (tertiary/aromatic N) is 2. The number of amides is 2. The van der Waals surface area contributed by atoms with Gasteiger partial charge in [-0.1, -0.05) is 11.6 Å². The number of hydrogen-bond donors (Lipinski definition) is 2. The van der Waals surface area contributed by atoms with Gasteiger partial charge >= 0.3 is 12.3 Å². The number of carbonyl (C=O) groups is 2. The standard InChI is InChI=1S/C19H14ClF3N4O3/c1-30-18(29)26-13-6-4-12(5-7-13)25-17(28)15-10-24-27(16(15)19(21,22)23)14-8-2-11(20)3-9-14/h2-10H,1H3,(H,25,28)(H,26,29). The number of halogens is 4. The van der Waals surface area contributed by atoms with Crippen molar-refractivity contribution in [3.05, 3.63) is 71.0 Å². The van der Waals surface area contributed by atoms with E-state index >= 15 is 0 Å². The minimum atomic E-state index is -4.84. The first-order chi connectivity index (χ1) is 14.2. The van der Waals surface area contributed by atoms with Crippen molar-refractivity contribution < 1.29 is 27.5 Å². The monoisotopic (exact) mass is 438 g/mol. The molecule has 0 fully saturated rings. The summed E-state index contributed by atoms with van der Waals surface area (Å²) in [5.41, 5.74) is -1.15. The van der Waals surface area contributed by atoms with Gasteiger partial charge in [-0.3, -0.25) is 10.1 Å². The van der Waals surface area contributed by atoms with Gasteiger partial charge in [-0.05, 0) is 48.5 Å². The Morgan fingerprint density at radius 2 is 1.57 bits per heavy atom. The number of ether oxygens (including phenoxy) is 1. The zero-order chi connectivity index (χ0) is 21.9. The number of methoxy groups -OCH3 is 1. The summed E-state index contributed by atoms with van der Waals surface area (Å²) in [6.45, 7) is 0. The van der Waals surface area contributed by atoms with Crippen LogP contribution in [0.3, 0.4) is 0 Å². The maximum Gasteiger partial charge on any atom is 0.434 e. The number of nitrogens with one attached hydrogen (secondary N) is 2. The third-order valence-corrected chi connectivity index (χ3v) is 4.18. The van der Waals surface area contributed by atoms with Gasteiger partial charge in [-0.2, -0.15) is 18.3 Å². The average Bonchev–Trinajstić information content (AvgIpc) is 3.16. The molecule has 11 heteroatoms. The van der Waals surface area contributed by atoms with E-state index in [9.17, 15) is 22.8 Å². The van der Waals surface area contributed by atoms with Crippen molar-refractivity contribution in [2.45, 2.75) is 6.18 Å². The zero-order valence-corrected chi connectivity index (χ0v) is 16.1. The van der Waals surface area contributed by atoms with E-state index in [1.54, 1.807) is 0 Å². The van der Waals surface area contributed by atoms with E-state index in [2.05, 4.69) is 20.5 Å². The quantitative estimate of drug-likeness (QED) is 0.602. The van der Waals surface area contributed by atoms with Crippen molar-refractivity contribution in [2.75, 3.05) is 17.7 Å². The lowest BCUT2D eigenvalue weighted by Gasteiger charge is -2.13. The molecule has 156 valence electrons. The van der Waals surface area contributed by atoms with Crippen LogP contribution in [0.1, 0.15) is 16.1 Å². The van der Waals surface area contributed by atoms with Gasteiger partial charge in [0.2, 0.25) is 0 Å². The summed E-state index contributed by atoms with van der Waals surface area (Å²) in [5.74, 6) is -0.990. The number of hydrogen-bond acceptors (Lipinski definition) is 4. The molecule has 0 bridgehead atoms. The minimum Gasteiger partial charge on any atom is -0.453 e. The predicted molar refractivity (Wildman–Crippen MR) is 104 cm³/mol. The largest absolute Gasteiger partial charge is 0.453 e. The number of alkyl halides is 3. The molecular weight excluding hydrogens is 425 g/mol. The first-order valence-corrected chi connectivity index (χ1v) is 8.74. The van der Waals surface area contributed by atoms with Crippen molar-refractivity contribution in [3.63, 3.8) is 0 Å². The molecule has 0 atom stereocenters. The zero-order valence-electron chi connectivity index (χ0n) is 15.3. The summed E-state index contributed by atoms with van der Waals surface area (Å²) in [6, 6.07) is 11.3. The van der Waals surface area contributed by atoms with E-state index in [1.807, 2.05) is 0 Å². The maximum atomic E-state index is 13.7. The van der Waals surface area contributed by atoms with Gasteiger partial charge in [0.05, 0.1) is 24.6 Å². The van der Waals surface area contributed by atoms with E-state index in [0.717, 1.165) is 6.20 Å². The molecule has 3 rings (SSSR count). The van der Waals surface area contributed by atoms with Gasteiger partial charge in [0.25, 0.3) is 5.91 Å². The first kappa shape index (κ1) is 21.2. The van der Waals surface area contributed by atoms with Crippen LogP contribution in [0.25, 0.3) is 5.69 Å². The van der Waals surface area contributed by atoms with Gasteiger partial charge in [-0.15, -0.1) is 0 Å². The number of anilines is 2. The van der Waals surface area contributed by atoms with Crippen LogP contribution in [0.15, 0.2) is 54.7 Å². The second-order valence-electron chi connectivity index (χ2n) is 5.94. The van der Waals surface area contributed by atoms with Crippen molar-refractivity contribution in [1.29, 1.82) is 0 Å². The molecule has 3 aromatic rings. The van der Waals surface area contributed by atoms with Crippen LogP contribution < -0.4 is 10.6 Å².